The highest BCUT2D eigenvalue weighted by Crippen LogP contribution is 2.30. The first-order valence-electron chi connectivity index (χ1n) is 11.8. The number of halogens is 2. The van der Waals surface area contributed by atoms with E-state index in [0.29, 0.717) is 33.0 Å². The third-order valence-electron chi connectivity index (χ3n) is 6.10. The van der Waals surface area contributed by atoms with Crippen LogP contribution < -0.4 is 10.1 Å². The van der Waals surface area contributed by atoms with Crippen LogP contribution >= 0.6 is 23.2 Å². The molecule has 7 nitrogen and oxygen atoms in total. The molecule has 1 heterocycles. The van der Waals surface area contributed by atoms with Gasteiger partial charge in [-0.3, -0.25) is 19.5 Å². The Bertz CT molecular complexity index is 1450. The van der Waals surface area contributed by atoms with Gasteiger partial charge in [0.2, 0.25) is 11.9 Å². The summed E-state index contributed by atoms with van der Waals surface area (Å²) in [6.45, 7) is -0.115. The van der Waals surface area contributed by atoms with Crippen LogP contribution in [-0.2, 0) is 4.79 Å². The number of aromatic nitrogens is 2. The fourth-order valence-corrected chi connectivity index (χ4v) is 4.39. The number of methoxy groups -OCH3 is 1. The van der Waals surface area contributed by atoms with Gasteiger partial charge in [0.05, 0.1) is 29.1 Å². The predicted octanol–water partition coefficient (Wildman–Crippen LogP) is 6.10. The van der Waals surface area contributed by atoms with Crippen molar-refractivity contribution in [2.24, 2.45) is 0 Å². The van der Waals surface area contributed by atoms with Crippen LogP contribution in [0.4, 0.5) is 5.95 Å². The molecule has 1 aliphatic rings. The fraction of sp³-hybridized carbons (Fsp3) is 0.179. The normalized spacial score (nSPS) is 12.7. The maximum atomic E-state index is 13.2. The number of hydrogen-bond acceptors (Lipinski definition) is 4. The zero-order chi connectivity index (χ0) is 25.9. The van der Waals surface area contributed by atoms with E-state index in [-0.39, 0.29) is 24.4 Å². The summed E-state index contributed by atoms with van der Waals surface area (Å²) in [5, 5.41) is 3.88. The monoisotopic (exact) mass is 534 g/mol. The third kappa shape index (κ3) is 5.63. The number of hydrogen-bond donors (Lipinski definition) is 1. The van der Waals surface area contributed by atoms with Crippen molar-refractivity contribution in [1.82, 2.24) is 14.5 Å². The van der Waals surface area contributed by atoms with Gasteiger partial charge < -0.3 is 9.64 Å². The Labute approximate surface area is 224 Å². The van der Waals surface area contributed by atoms with E-state index in [1.54, 1.807) is 53.0 Å². The molecule has 0 atom stereocenters. The topological polar surface area (TPSA) is 76.5 Å². The molecule has 9 heteroatoms. The Morgan fingerprint density at radius 2 is 1.81 bits per heavy atom. The first-order valence-corrected chi connectivity index (χ1v) is 12.5. The molecule has 2 amide bonds. The predicted molar refractivity (Wildman–Crippen MR) is 145 cm³/mol. The van der Waals surface area contributed by atoms with Crippen molar-refractivity contribution in [3.63, 3.8) is 0 Å². The number of amides is 2. The summed E-state index contributed by atoms with van der Waals surface area (Å²) in [6, 6.07) is 21.6. The van der Waals surface area contributed by atoms with Gasteiger partial charge in [-0.1, -0.05) is 53.5 Å². The number of anilines is 1. The Morgan fingerprint density at radius 3 is 2.51 bits per heavy atom. The van der Waals surface area contributed by atoms with Gasteiger partial charge in [-0.25, -0.2) is 4.98 Å². The number of rotatable bonds is 8. The van der Waals surface area contributed by atoms with Gasteiger partial charge in [0.1, 0.15) is 12.3 Å². The molecule has 1 aliphatic carbocycles. The van der Waals surface area contributed by atoms with Crippen molar-refractivity contribution in [3.05, 3.63) is 94.6 Å². The van der Waals surface area contributed by atoms with Crippen LogP contribution in [0.2, 0.25) is 10.0 Å². The lowest BCUT2D eigenvalue weighted by Crippen LogP contribution is -2.40. The van der Waals surface area contributed by atoms with Crippen LogP contribution in [0.3, 0.4) is 0 Å². The van der Waals surface area contributed by atoms with Crippen LogP contribution in [0.5, 0.6) is 5.75 Å². The molecule has 1 saturated carbocycles. The highest BCUT2D eigenvalue weighted by molar-refractivity contribution is 6.33. The summed E-state index contributed by atoms with van der Waals surface area (Å²) in [6.07, 6.45) is 3.53. The van der Waals surface area contributed by atoms with Crippen molar-refractivity contribution in [1.29, 1.82) is 0 Å². The highest BCUT2D eigenvalue weighted by atomic mass is 35.5. The van der Waals surface area contributed by atoms with Gasteiger partial charge in [-0.05, 0) is 49.2 Å². The Hall–Kier alpha value is -3.81. The summed E-state index contributed by atoms with van der Waals surface area (Å²) < 4.78 is 7.15. The summed E-state index contributed by atoms with van der Waals surface area (Å²) >= 11 is 12.3. The van der Waals surface area contributed by atoms with E-state index >= 15 is 0 Å². The first-order chi connectivity index (χ1) is 17.9. The van der Waals surface area contributed by atoms with E-state index in [0.717, 1.165) is 24.1 Å². The van der Waals surface area contributed by atoms with Crippen LogP contribution in [0.25, 0.3) is 16.9 Å². The summed E-state index contributed by atoms with van der Waals surface area (Å²) in [4.78, 5) is 32.7. The van der Waals surface area contributed by atoms with E-state index in [4.69, 9.17) is 27.9 Å². The second-order valence-electron chi connectivity index (χ2n) is 8.72. The van der Waals surface area contributed by atoms with Crippen LogP contribution in [-0.4, -0.2) is 46.0 Å². The highest BCUT2D eigenvalue weighted by Gasteiger charge is 2.35. The standard InChI is InChI=1S/C28H24Cl2N4O3/c1-37-22-6-4-5-21(15-22)34-16-25(18-9-11-19(29)12-10-18)31-28(34)32-26(35)17-33(20-13-14-20)27(36)23-7-2-3-8-24(23)30/h2-12,15-16,20H,13-14,17H2,1H3,(H,31,32,35). The van der Waals surface area contributed by atoms with Gasteiger partial charge in [0.25, 0.3) is 5.91 Å². The molecular weight excluding hydrogens is 511 g/mol. The van der Waals surface area contributed by atoms with E-state index in [9.17, 15) is 9.59 Å². The first kappa shape index (κ1) is 24.9. The largest absolute Gasteiger partial charge is 0.497 e. The van der Waals surface area contributed by atoms with E-state index in [1.165, 1.54) is 0 Å². The zero-order valence-corrected chi connectivity index (χ0v) is 21.5. The molecule has 1 N–H and O–H groups in total. The Balaban J connectivity index is 1.44. The Morgan fingerprint density at radius 1 is 1.05 bits per heavy atom. The lowest BCUT2D eigenvalue weighted by atomic mass is 10.2. The van der Waals surface area contributed by atoms with Gasteiger partial charge >= 0.3 is 0 Å². The number of carbonyl (C=O) groups is 2. The average Bonchev–Trinajstić information content (AvgIpc) is 3.67. The molecule has 0 aliphatic heterocycles. The minimum atomic E-state index is -0.357. The van der Waals surface area contributed by atoms with Crippen LogP contribution in [0.1, 0.15) is 23.2 Å². The molecule has 3 aromatic carbocycles. The molecule has 0 saturated heterocycles. The van der Waals surface area contributed by atoms with Gasteiger partial charge in [0.15, 0.2) is 0 Å². The minimum Gasteiger partial charge on any atom is -0.497 e. The van der Waals surface area contributed by atoms with E-state index in [1.807, 2.05) is 42.6 Å². The molecule has 37 heavy (non-hydrogen) atoms. The lowest BCUT2D eigenvalue weighted by molar-refractivity contribution is -0.117. The third-order valence-corrected chi connectivity index (χ3v) is 6.68. The number of imidazole rings is 1. The molecular formula is C28H24Cl2N4O3. The smallest absolute Gasteiger partial charge is 0.256 e. The van der Waals surface area contributed by atoms with Crippen LogP contribution in [0.15, 0.2) is 79.0 Å². The maximum Gasteiger partial charge on any atom is 0.256 e. The molecule has 0 radical (unpaired) electrons. The zero-order valence-electron chi connectivity index (χ0n) is 20.0. The molecule has 0 unspecified atom stereocenters. The van der Waals surface area contributed by atoms with E-state index in [2.05, 4.69) is 10.3 Å². The maximum absolute atomic E-state index is 13.2. The molecule has 188 valence electrons. The number of ether oxygens (including phenoxy) is 1. The van der Waals surface area contributed by atoms with Crippen molar-refractivity contribution >= 4 is 41.0 Å². The minimum absolute atomic E-state index is 0.0114. The molecule has 1 fully saturated rings. The lowest BCUT2D eigenvalue weighted by Gasteiger charge is -2.22. The summed E-state index contributed by atoms with van der Waals surface area (Å²) in [5.41, 5.74) is 2.64. The molecule has 0 spiro atoms. The number of carbonyl (C=O) groups excluding carboxylic acids is 2. The van der Waals surface area contributed by atoms with Crippen molar-refractivity contribution in [2.75, 3.05) is 19.0 Å². The molecule has 4 aromatic rings. The molecule has 5 rings (SSSR count). The van der Waals surface area contributed by atoms with Crippen molar-refractivity contribution in [2.45, 2.75) is 18.9 Å². The second-order valence-corrected chi connectivity index (χ2v) is 9.56. The summed E-state index contributed by atoms with van der Waals surface area (Å²) in [7, 11) is 1.59. The van der Waals surface area contributed by atoms with Crippen molar-refractivity contribution in [3.8, 4) is 22.7 Å². The quantitative estimate of drug-likeness (QED) is 0.296. The Kier molecular flexibility index (Phi) is 7.17. The average molecular weight is 535 g/mol. The van der Waals surface area contributed by atoms with E-state index < -0.39 is 0 Å². The number of benzene rings is 3. The van der Waals surface area contributed by atoms with Crippen molar-refractivity contribution < 1.29 is 14.3 Å². The number of nitrogens with one attached hydrogen (secondary N) is 1. The van der Waals surface area contributed by atoms with Gasteiger partial charge in [0, 0.05) is 28.9 Å². The fourth-order valence-electron chi connectivity index (χ4n) is 4.05. The van der Waals surface area contributed by atoms with Crippen LogP contribution in [0, 0.1) is 0 Å². The molecule has 0 bridgehead atoms. The summed E-state index contributed by atoms with van der Waals surface area (Å²) in [5.74, 6) is 0.372. The molecule has 1 aromatic heterocycles. The second kappa shape index (κ2) is 10.7. The van der Waals surface area contributed by atoms with Gasteiger partial charge in [-0.2, -0.15) is 0 Å². The van der Waals surface area contributed by atoms with Gasteiger partial charge in [-0.15, -0.1) is 0 Å². The SMILES string of the molecule is COc1cccc(-n2cc(-c3ccc(Cl)cc3)nc2NC(=O)CN(C(=O)c2ccccc2Cl)C2CC2)c1. The number of nitrogens with zero attached hydrogens (tertiary/aromatic N) is 3.